The van der Waals surface area contributed by atoms with Crippen LogP contribution in [-0.4, -0.2) is 29.1 Å². The molecule has 0 aromatic carbocycles. The number of aromatic nitrogens is 2. The zero-order valence-electron chi connectivity index (χ0n) is 12.6. The molecule has 0 radical (unpaired) electrons. The van der Waals surface area contributed by atoms with Crippen LogP contribution in [-0.2, 0) is 6.42 Å². The van der Waals surface area contributed by atoms with Gasteiger partial charge in [-0.2, -0.15) is 0 Å². The van der Waals surface area contributed by atoms with Gasteiger partial charge in [-0.05, 0) is 25.7 Å². The highest BCUT2D eigenvalue weighted by molar-refractivity contribution is 5.51. The lowest BCUT2D eigenvalue weighted by Crippen LogP contribution is -2.34. The van der Waals surface area contributed by atoms with Gasteiger partial charge in [-0.15, -0.1) is 0 Å². The first kappa shape index (κ1) is 14.1. The third-order valence-corrected chi connectivity index (χ3v) is 3.80. The summed E-state index contributed by atoms with van der Waals surface area (Å²) in [6, 6.07) is 2.72. The van der Waals surface area contributed by atoms with Gasteiger partial charge >= 0.3 is 0 Å². The van der Waals surface area contributed by atoms with E-state index >= 15 is 0 Å². The standard InChI is InChI=1S/C15H26N4/c1-5-13-17-14(16-6-2)10-15(18-13)19-9-7-8-12(19)11(3)4/h10-12H,5-9H2,1-4H3,(H,16,17,18). The van der Waals surface area contributed by atoms with Crippen molar-refractivity contribution in [1.82, 2.24) is 9.97 Å². The number of anilines is 2. The molecular formula is C15H26N4. The SMILES string of the molecule is CCNc1cc(N2CCCC2C(C)C)nc(CC)n1. The molecule has 106 valence electrons. The number of nitrogens with one attached hydrogen (secondary N) is 1. The molecule has 1 aliphatic rings. The predicted molar refractivity (Wildman–Crippen MR) is 80.8 cm³/mol. The third-order valence-electron chi connectivity index (χ3n) is 3.80. The van der Waals surface area contributed by atoms with Crippen molar-refractivity contribution in [3.63, 3.8) is 0 Å². The molecule has 0 spiro atoms. The molecule has 1 fully saturated rings. The average molecular weight is 262 g/mol. The maximum absolute atomic E-state index is 4.72. The van der Waals surface area contributed by atoms with Crippen LogP contribution >= 0.6 is 0 Å². The fourth-order valence-electron chi connectivity index (χ4n) is 2.83. The van der Waals surface area contributed by atoms with Crippen molar-refractivity contribution in [2.45, 2.75) is 53.0 Å². The number of aryl methyl sites for hydroxylation is 1. The lowest BCUT2D eigenvalue weighted by molar-refractivity contribution is 0.489. The lowest BCUT2D eigenvalue weighted by Gasteiger charge is -2.29. The molecule has 1 aromatic rings. The average Bonchev–Trinajstić information content (AvgIpc) is 2.88. The summed E-state index contributed by atoms with van der Waals surface area (Å²) in [7, 11) is 0. The van der Waals surface area contributed by atoms with Crippen molar-refractivity contribution in [2.75, 3.05) is 23.3 Å². The van der Waals surface area contributed by atoms with Crippen molar-refractivity contribution >= 4 is 11.6 Å². The van der Waals surface area contributed by atoms with Gasteiger partial charge in [0.25, 0.3) is 0 Å². The summed E-state index contributed by atoms with van der Waals surface area (Å²) in [4.78, 5) is 11.7. The van der Waals surface area contributed by atoms with E-state index in [1.54, 1.807) is 0 Å². The van der Waals surface area contributed by atoms with Gasteiger partial charge in [0, 0.05) is 31.6 Å². The third kappa shape index (κ3) is 3.17. The Bertz CT molecular complexity index is 417. The van der Waals surface area contributed by atoms with Gasteiger partial charge in [0.05, 0.1) is 0 Å². The highest BCUT2D eigenvalue weighted by Gasteiger charge is 2.28. The first-order valence-electron chi connectivity index (χ1n) is 7.54. The molecule has 0 aliphatic carbocycles. The van der Waals surface area contributed by atoms with Gasteiger partial charge in [-0.1, -0.05) is 20.8 Å². The van der Waals surface area contributed by atoms with Crippen LogP contribution in [0, 0.1) is 5.92 Å². The van der Waals surface area contributed by atoms with Crippen molar-refractivity contribution in [3.8, 4) is 0 Å². The zero-order valence-corrected chi connectivity index (χ0v) is 12.6. The van der Waals surface area contributed by atoms with Crippen LogP contribution in [0.5, 0.6) is 0 Å². The second-order valence-electron chi connectivity index (χ2n) is 5.56. The fraction of sp³-hybridized carbons (Fsp3) is 0.733. The number of nitrogens with zero attached hydrogens (tertiary/aromatic N) is 3. The molecule has 2 rings (SSSR count). The van der Waals surface area contributed by atoms with Gasteiger partial charge in [0.15, 0.2) is 0 Å². The molecule has 1 saturated heterocycles. The maximum Gasteiger partial charge on any atom is 0.134 e. The molecule has 4 heteroatoms. The molecule has 1 aliphatic heterocycles. The second-order valence-corrected chi connectivity index (χ2v) is 5.56. The van der Waals surface area contributed by atoms with E-state index in [0.717, 1.165) is 37.0 Å². The number of hydrogen-bond donors (Lipinski definition) is 1. The van der Waals surface area contributed by atoms with Crippen LogP contribution in [0.3, 0.4) is 0 Å². The fourth-order valence-corrected chi connectivity index (χ4v) is 2.83. The molecule has 0 amide bonds. The largest absolute Gasteiger partial charge is 0.370 e. The quantitative estimate of drug-likeness (QED) is 0.885. The molecule has 1 aromatic heterocycles. The van der Waals surface area contributed by atoms with Crippen molar-refractivity contribution in [2.24, 2.45) is 5.92 Å². The summed E-state index contributed by atoms with van der Waals surface area (Å²) >= 11 is 0. The molecule has 19 heavy (non-hydrogen) atoms. The van der Waals surface area contributed by atoms with E-state index in [4.69, 9.17) is 4.98 Å². The summed E-state index contributed by atoms with van der Waals surface area (Å²) in [5.41, 5.74) is 0. The molecule has 1 atom stereocenters. The Kier molecular flexibility index (Phi) is 4.61. The van der Waals surface area contributed by atoms with E-state index in [-0.39, 0.29) is 0 Å². The molecule has 1 unspecified atom stereocenters. The Labute approximate surface area is 116 Å². The highest BCUT2D eigenvalue weighted by atomic mass is 15.2. The van der Waals surface area contributed by atoms with Crippen LogP contribution in [0.4, 0.5) is 11.6 Å². The monoisotopic (exact) mass is 262 g/mol. The summed E-state index contributed by atoms with van der Waals surface area (Å²) in [6.45, 7) is 10.8. The van der Waals surface area contributed by atoms with Crippen LogP contribution in [0.2, 0.25) is 0 Å². The summed E-state index contributed by atoms with van der Waals surface area (Å²) in [5, 5.41) is 3.31. The Morgan fingerprint density at radius 2 is 2.16 bits per heavy atom. The first-order valence-corrected chi connectivity index (χ1v) is 7.54. The summed E-state index contributed by atoms with van der Waals surface area (Å²) in [6.07, 6.45) is 3.43. The molecule has 0 saturated carbocycles. The van der Waals surface area contributed by atoms with Crippen molar-refractivity contribution in [1.29, 1.82) is 0 Å². The summed E-state index contributed by atoms with van der Waals surface area (Å²) < 4.78 is 0. The van der Waals surface area contributed by atoms with E-state index in [1.165, 1.54) is 12.8 Å². The van der Waals surface area contributed by atoms with Crippen molar-refractivity contribution < 1.29 is 0 Å². The van der Waals surface area contributed by atoms with E-state index < -0.39 is 0 Å². The lowest BCUT2D eigenvalue weighted by atomic mass is 10.0. The van der Waals surface area contributed by atoms with Crippen LogP contribution in [0.1, 0.15) is 46.4 Å². The van der Waals surface area contributed by atoms with Gasteiger partial charge in [-0.3, -0.25) is 0 Å². The summed E-state index contributed by atoms with van der Waals surface area (Å²) in [5.74, 6) is 3.66. The molecule has 2 heterocycles. The predicted octanol–water partition coefficient (Wildman–Crippen LogP) is 3.10. The minimum absolute atomic E-state index is 0.620. The minimum Gasteiger partial charge on any atom is -0.370 e. The normalized spacial score (nSPS) is 19.2. The number of rotatable bonds is 5. The number of hydrogen-bond acceptors (Lipinski definition) is 4. The smallest absolute Gasteiger partial charge is 0.134 e. The Hall–Kier alpha value is -1.32. The van der Waals surface area contributed by atoms with Crippen LogP contribution < -0.4 is 10.2 Å². The van der Waals surface area contributed by atoms with Gasteiger partial charge < -0.3 is 10.2 Å². The Balaban J connectivity index is 2.29. The Morgan fingerprint density at radius 3 is 2.79 bits per heavy atom. The zero-order chi connectivity index (χ0) is 13.8. The van der Waals surface area contributed by atoms with E-state index in [2.05, 4.69) is 49.0 Å². The van der Waals surface area contributed by atoms with Crippen molar-refractivity contribution in [3.05, 3.63) is 11.9 Å². The van der Waals surface area contributed by atoms with Crippen LogP contribution in [0.25, 0.3) is 0 Å². The Morgan fingerprint density at radius 1 is 1.37 bits per heavy atom. The second kappa shape index (κ2) is 6.22. The molecule has 0 bridgehead atoms. The topological polar surface area (TPSA) is 41.0 Å². The van der Waals surface area contributed by atoms with Crippen LogP contribution in [0.15, 0.2) is 6.07 Å². The van der Waals surface area contributed by atoms with E-state index in [9.17, 15) is 0 Å². The van der Waals surface area contributed by atoms with Gasteiger partial charge in [0.2, 0.25) is 0 Å². The molecule has 4 nitrogen and oxygen atoms in total. The maximum atomic E-state index is 4.72. The van der Waals surface area contributed by atoms with Gasteiger partial charge in [-0.25, -0.2) is 9.97 Å². The van der Waals surface area contributed by atoms with E-state index in [0.29, 0.717) is 12.0 Å². The van der Waals surface area contributed by atoms with E-state index in [1.807, 2.05) is 0 Å². The first-order chi connectivity index (χ1) is 9.15. The highest BCUT2D eigenvalue weighted by Crippen LogP contribution is 2.29. The molecular weight excluding hydrogens is 236 g/mol. The minimum atomic E-state index is 0.620. The molecule has 1 N–H and O–H groups in total. The van der Waals surface area contributed by atoms with Gasteiger partial charge in [0.1, 0.15) is 17.5 Å².